The van der Waals surface area contributed by atoms with Gasteiger partial charge in [-0.15, -0.1) is 11.3 Å². The molecule has 0 nitrogen and oxygen atoms in total. The van der Waals surface area contributed by atoms with Crippen molar-refractivity contribution in [2.45, 2.75) is 66.2 Å². The van der Waals surface area contributed by atoms with Crippen molar-refractivity contribution in [2.24, 2.45) is 5.41 Å². The van der Waals surface area contributed by atoms with Crippen molar-refractivity contribution in [1.29, 1.82) is 0 Å². The largest absolute Gasteiger partial charge is 0.145 e. The van der Waals surface area contributed by atoms with Gasteiger partial charge in [0.1, 0.15) is 0 Å². The quantitative estimate of drug-likeness (QED) is 0.596. The molecule has 0 aliphatic heterocycles. The minimum Gasteiger partial charge on any atom is -0.145 e. The van der Waals surface area contributed by atoms with Crippen LogP contribution in [0.15, 0.2) is 0 Å². The normalized spacial score (nSPS) is 19.6. The van der Waals surface area contributed by atoms with Crippen molar-refractivity contribution >= 4 is 11.3 Å². The fourth-order valence-electron chi connectivity index (χ4n) is 2.92. The molecule has 90 valence electrons. The van der Waals surface area contributed by atoms with Gasteiger partial charge in [0, 0.05) is 9.75 Å². The number of hydrogen-bond donors (Lipinski definition) is 0. The summed E-state index contributed by atoms with van der Waals surface area (Å²) >= 11 is 2.09. The van der Waals surface area contributed by atoms with Crippen molar-refractivity contribution in [3.63, 3.8) is 0 Å². The second kappa shape index (κ2) is 4.18. The zero-order valence-corrected chi connectivity index (χ0v) is 12.1. The molecule has 1 heterocycles. The van der Waals surface area contributed by atoms with Gasteiger partial charge in [0.15, 0.2) is 0 Å². The Morgan fingerprint density at radius 1 is 1.25 bits per heavy atom. The molecule has 1 aromatic heterocycles. The number of rotatable bonds is 1. The molecule has 1 heteroatoms. The summed E-state index contributed by atoms with van der Waals surface area (Å²) in [5, 5.41) is 0. The lowest BCUT2D eigenvalue weighted by molar-refractivity contribution is 0.334. The second-order valence-corrected chi connectivity index (χ2v) is 7.48. The van der Waals surface area contributed by atoms with Crippen LogP contribution in [0.25, 0.3) is 0 Å². The lowest BCUT2D eigenvalue weighted by Gasteiger charge is -2.21. The molecule has 0 spiro atoms. The molecule has 0 radical (unpaired) electrons. The van der Waals surface area contributed by atoms with E-state index in [-0.39, 0.29) is 0 Å². The predicted molar refractivity (Wildman–Crippen MR) is 73.6 cm³/mol. The molecule has 0 amide bonds. The molecule has 1 aliphatic carbocycles. The van der Waals surface area contributed by atoms with Gasteiger partial charge >= 0.3 is 0 Å². The zero-order chi connectivity index (χ0) is 11.9. The van der Waals surface area contributed by atoms with Gasteiger partial charge in [-0.2, -0.15) is 0 Å². The fraction of sp³-hybridized carbons (Fsp3) is 0.733. The molecule has 0 atom stereocenters. The molecule has 0 unspecified atom stereocenters. The summed E-state index contributed by atoms with van der Waals surface area (Å²) in [6, 6.07) is 0. The predicted octanol–water partition coefficient (Wildman–Crippen LogP) is 5.08. The Morgan fingerprint density at radius 3 is 2.56 bits per heavy atom. The Morgan fingerprint density at radius 2 is 1.94 bits per heavy atom. The Balaban J connectivity index is 2.42. The van der Waals surface area contributed by atoms with Gasteiger partial charge < -0.3 is 0 Å². The molecule has 2 rings (SSSR count). The van der Waals surface area contributed by atoms with Crippen LogP contribution in [0.2, 0.25) is 0 Å². The van der Waals surface area contributed by atoms with Crippen LogP contribution in [0.3, 0.4) is 0 Å². The first kappa shape index (κ1) is 12.2. The highest BCUT2D eigenvalue weighted by Crippen LogP contribution is 2.41. The first-order valence-corrected chi connectivity index (χ1v) is 7.33. The van der Waals surface area contributed by atoms with Crippen LogP contribution in [0.4, 0.5) is 0 Å². The third-order valence-corrected chi connectivity index (χ3v) is 5.47. The van der Waals surface area contributed by atoms with E-state index in [9.17, 15) is 0 Å². The molecule has 0 saturated carbocycles. The molecular weight excluding hydrogens is 212 g/mol. The second-order valence-electron chi connectivity index (χ2n) is 6.34. The van der Waals surface area contributed by atoms with Crippen LogP contribution < -0.4 is 0 Å². The van der Waals surface area contributed by atoms with Gasteiger partial charge in [0.05, 0.1) is 0 Å². The van der Waals surface area contributed by atoms with Crippen LogP contribution in [-0.4, -0.2) is 0 Å². The molecule has 0 saturated heterocycles. The summed E-state index contributed by atoms with van der Waals surface area (Å²) in [6.07, 6.45) is 5.36. The summed E-state index contributed by atoms with van der Waals surface area (Å²) < 4.78 is 0. The van der Waals surface area contributed by atoms with Crippen LogP contribution in [-0.2, 0) is 12.8 Å². The van der Waals surface area contributed by atoms with Gasteiger partial charge in [-0.3, -0.25) is 0 Å². The van der Waals surface area contributed by atoms with Crippen molar-refractivity contribution in [1.82, 2.24) is 0 Å². The maximum absolute atomic E-state index is 2.42. The van der Waals surface area contributed by atoms with E-state index >= 15 is 0 Å². The van der Waals surface area contributed by atoms with Gasteiger partial charge in [-0.25, -0.2) is 0 Å². The van der Waals surface area contributed by atoms with E-state index in [0.29, 0.717) is 11.3 Å². The van der Waals surface area contributed by atoms with Crippen LogP contribution in [0, 0.1) is 12.3 Å². The Kier molecular flexibility index (Phi) is 3.18. The molecular formula is C15H24S. The van der Waals surface area contributed by atoms with Gasteiger partial charge in [0.25, 0.3) is 0 Å². The Labute approximate surface area is 104 Å². The molecule has 16 heavy (non-hydrogen) atoms. The number of fused-ring (bicyclic) bond motifs is 1. The van der Waals surface area contributed by atoms with Gasteiger partial charge in [-0.05, 0) is 55.1 Å². The average Bonchev–Trinajstić information content (AvgIpc) is 2.38. The first-order chi connectivity index (χ1) is 7.41. The minimum absolute atomic E-state index is 0.511. The Hall–Kier alpha value is -0.300. The van der Waals surface area contributed by atoms with Crippen molar-refractivity contribution in [3.05, 3.63) is 20.9 Å². The average molecular weight is 236 g/mol. The molecule has 1 aliphatic rings. The maximum atomic E-state index is 2.42. The molecule has 0 bridgehead atoms. The van der Waals surface area contributed by atoms with Crippen LogP contribution in [0.5, 0.6) is 0 Å². The lowest BCUT2D eigenvalue weighted by Crippen LogP contribution is -2.12. The smallest absolute Gasteiger partial charge is 0.0106 e. The van der Waals surface area contributed by atoms with Crippen LogP contribution >= 0.6 is 11.3 Å². The number of hydrogen-bond acceptors (Lipinski definition) is 1. The third kappa shape index (κ3) is 2.20. The Bertz CT molecular complexity index is 382. The molecule has 0 aromatic carbocycles. The molecule has 0 N–H and O–H groups in total. The van der Waals surface area contributed by atoms with E-state index in [1.807, 2.05) is 0 Å². The van der Waals surface area contributed by atoms with Crippen molar-refractivity contribution in [3.8, 4) is 0 Å². The monoisotopic (exact) mass is 236 g/mol. The third-order valence-electron chi connectivity index (χ3n) is 3.84. The highest BCUT2D eigenvalue weighted by molar-refractivity contribution is 7.12. The summed E-state index contributed by atoms with van der Waals surface area (Å²) in [7, 11) is 0. The standard InChI is InChI=1S/C15H24S/c1-10(2)14-11(3)12-7-6-8-15(4,5)9-13(12)16-14/h10H,6-9H2,1-5H3. The van der Waals surface area contributed by atoms with E-state index in [0.717, 1.165) is 0 Å². The highest BCUT2D eigenvalue weighted by atomic mass is 32.1. The first-order valence-electron chi connectivity index (χ1n) is 6.52. The highest BCUT2D eigenvalue weighted by Gasteiger charge is 2.27. The summed E-state index contributed by atoms with van der Waals surface area (Å²) in [5.74, 6) is 0.694. The SMILES string of the molecule is Cc1c(C(C)C)sc2c1CCCC(C)(C)C2. The van der Waals surface area contributed by atoms with E-state index < -0.39 is 0 Å². The van der Waals surface area contributed by atoms with E-state index in [4.69, 9.17) is 0 Å². The van der Waals surface area contributed by atoms with E-state index in [1.165, 1.54) is 25.7 Å². The van der Waals surface area contributed by atoms with Crippen LogP contribution in [0.1, 0.15) is 67.3 Å². The summed E-state index contributed by atoms with van der Waals surface area (Å²) in [5.41, 5.74) is 3.81. The summed E-state index contributed by atoms with van der Waals surface area (Å²) in [6.45, 7) is 11.8. The summed E-state index contributed by atoms with van der Waals surface area (Å²) in [4.78, 5) is 3.31. The lowest BCUT2D eigenvalue weighted by atomic mass is 9.85. The van der Waals surface area contributed by atoms with E-state index in [2.05, 4.69) is 46.0 Å². The van der Waals surface area contributed by atoms with Crippen molar-refractivity contribution < 1.29 is 0 Å². The fourth-order valence-corrected chi connectivity index (χ4v) is 4.53. The maximum Gasteiger partial charge on any atom is 0.0106 e. The zero-order valence-electron chi connectivity index (χ0n) is 11.3. The topological polar surface area (TPSA) is 0 Å². The van der Waals surface area contributed by atoms with E-state index in [1.54, 1.807) is 20.9 Å². The van der Waals surface area contributed by atoms with Gasteiger partial charge in [-0.1, -0.05) is 27.7 Å². The minimum atomic E-state index is 0.511. The molecule has 0 fully saturated rings. The number of thiophene rings is 1. The molecule has 1 aromatic rings. The van der Waals surface area contributed by atoms with Gasteiger partial charge in [0.2, 0.25) is 0 Å². The van der Waals surface area contributed by atoms with Crippen molar-refractivity contribution in [2.75, 3.05) is 0 Å².